The molecule has 1 spiro atoms. The van der Waals surface area contributed by atoms with Gasteiger partial charge in [0.05, 0.1) is 12.7 Å². The Labute approximate surface area is 73.1 Å². The Balaban J connectivity index is 2.15. The van der Waals surface area contributed by atoms with Gasteiger partial charge in [-0.05, 0) is 33.2 Å². The van der Waals surface area contributed by atoms with Crippen molar-refractivity contribution in [2.75, 3.05) is 13.7 Å². The second-order valence-electron chi connectivity index (χ2n) is 4.26. The summed E-state index contributed by atoms with van der Waals surface area (Å²) in [4.78, 5) is 0. The molecular weight excluding hydrogens is 154 g/mol. The Morgan fingerprint density at radius 2 is 2.25 bits per heavy atom. The highest BCUT2D eigenvalue weighted by Crippen LogP contribution is 2.48. The van der Waals surface area contributed by atoms with Crippen molar-refractivity contribution in [3.05, 3.63) is 0 Å². The van der Waals surface area contributed by atoms with Crippen molar-refractivity contribution in [1.29, 1.82) is 0 Å². The summed E-state index contributed by atoms with van der Waals surface area (Å²) in [6.07, 6.45) is 2.53. The first-order chi connectivity index (χ1) is 5.62. The molecule has 0 aromatic rings. The molecule has 1 heterocycles. The summed E-state index contributed by atoms with van der Waals surface area (Å²) in [6.45, 7) is 3.00. The fraction of sp³-hybridized carbons (Fsp3) is 1.00. The third-order valence-electron chi connectivity index (χ3n) is 3.58. The second-order valence-corrected chi connectivity index (χ2v) is 4.26. The van der Waals surface area contributed by atoms with Crippen molar-refractivity contribution in [3.8, 4) is 0 Å². The number of rotatable bonds is 1. The minimum atomic E-state index is -0.155. The molecule has 0 aromatic heterocycles. The average molecular weight is 171 g/mol. The zero-order valence-corrected chi connectivity index (χ0v) is 7.76. The molecule has 3 atom stereocenters. The van der Waals surface area contributed by atoms with E-state index in [1.165, 1.54) is 0 Å². The van der Waals surface area contributed by atoms with E-state index in [9.17, 15) is 5.11 Å². The van der Waals surface area contributed by atoms with Crippen molar-refractivity contribution < 1.29 is 9.84 Å². The number of aliphatic hydroxyl groups excluding tert-OH is 1. The molecule has 3 heteroatoms. The maximum absolute atomic E-state index is 9.54. The predicted molar refractivity (Wildman–Crippen MR) is 46.0 cm³/mol. The fourth-order valence-electron chi connectivity index (χ4n) is 2.31. The standard InChI is InChI=1S/C9H17NO2/c1-8(10-2)5-7(11)3-4-9(8)6-12-9/h7,10-11H,3-6H2,1-2H3. The van der Waals surface area contributed by atoms with E-state index in [4.69, 9.17) is 4.74 Å². The lowest BCUT2D eigenvalue weighted by atomic mass is 9.73. The van der Waals surface area contributed by atoms with Crippen molar-refractivity contribution in [3.63, 3.8) is 0 Å². The van der Waals surface area contributed by atoms with Crippen LogP contribution in [0.3, 0.4) is 0 Å². The van der Waals surface area contributed by atoms with Crippen LogP contribution in [0.2, 0.25) is 0 Å². The van der Waals surface area contributed by atoms with Crippen LogP contribution in [-0.4, -0.2) is 36.0 Å². The van der Waals surface area contributed by atoms with Gasteiger partial charge in [-0.3, -0.25) is 0 Å². The lowest BCUT2D eigenvalue weighted by Gasteiger charge is -2.41. The monoisotopic (exact) mass is 171 g/mol. The highest BCUT2D eigenvalue weighted by atomic mass is 16.6. The van der Waals surface area contributed by atoms with E-state index in [0.29, 0.717) is 0 Å². The first-order valence-corrected chi connectivity index (χ1v) is 4.63. The van der Waals surface area contributed by atoms with E-state index in [2.05, 4.69) is 12.2 Å². The average Bonchev–Trinajstić information content (AvgIpc) is 2.80. The fourth-order valence-corrected chi connectivity index (χ4v) is 2.31. The number of hydrogen-bond donors (Lipinski definition) is 2. The summed E-state index contributed by atoms with van der Waals surface area (Å²) < 4.78 is 5.52. The Kier molecular flexibility index (Phi) is 1.72. The molecule has 2 aliphatic rings. The first kappa shape index (κ1) is 8.48. The third-order valence-corrected chi connectivity index (χ3v) is 3.58. The lowest BCUT2D eigenvalue weighted by molar-refractivity contribution is 0.0238. The van der Waals surface area contributed by atoms with Crippen LogP contribution in [0.4, 0.5) is 0 Å². The van der Waals surface area contributed by atoms with Crippen molar-refractivity contribution in [2.24, 2.45) is 0 Å². The highest BCUT2D eigenvalue weighted by Gasteiger charge is 2.60. The number of nitrogens with one attached hydrogen (secondary N) is 1. The normalized spacial score (nSPS) is 52.8. The van der Waals surface area contributed by atoms with Crippen LogP contribution >= 0.6 is 0 Å². The Morgan fingerprint density at radius 3 is 2.75 bits per heavy atom. The van der Waals surface area contributed by atoms with Gasteiger partial charge in [0.1, 0.15) is 5.60 Å². The first-order valence-electron chi connectivity index (χ1n) is 4.63. The van der Waals surface area contributed by atoms with Gasteiger partial charge in [-0.15, -0.1) is 0 Å². The Hall–Kier alpha value is -0.120. The van der Waals surface area contributed by atoms with E-state index >= 15 is 0 Å². The van der Waals surface area contributed by atoms with Crippen LogP contribution in [0.5, 0.6) is 0 Å². The van der Waals surface area contributed by atoms with Gasteiger partial charge >= 0.3 is 0 Å². The van der Waals surface area contributed by atoms with E-state index in [1.807, 2.05) is 7.05 Å². The predicted octanol–water partition coefficient (Wildman–Crippen LogP) is 0.278. The lowest BCUT2D eigenvalue weighted by Crippen LogP contribution is -2.57. The minimum Gasteiger partial charge on any atom is -0.393 e. The van der Waals surface area contributed by atoms with Gasteiger partial charge in [-0.25, -0.2) is 0 Å². The van der Waals surface area contributed by atoms with Gasteiger partial charge in [0, 0.05) is 5.54 Å². The molecule has 3 nitrogen and oxygen atoms in total. The number of likely N-dealkylation sites (N-methyl/N-ethyl adjacent to an activating group) is 1. The summed E-state index contributed by atoms with van der Waals surface area (Å²) in [5, 5.41) is 12.8. The molecule has 2 rings (SSSR count). The van der Waals surface area contributed by atoms with Crippen molar-refractivity contribution >= 4 is 0 Å². The van der Waals surface area contributed by atoms with Crippen LogP contribution in [0, 0.1) is 0 Å². The van der Waals surface area contributed by atoms with Crippen LogP contribution in [-0.2, 0) is 4.74 Å². The van der Waals surface area contributed by atoms with E-state index in [-0.39, 0.29) is 17.2 Å². The molecule has 1 aliphatic heterocycles. The molecule has 0 radical (unpaired) electrons. The SMILES string of the molecule is CNC1(C)CC(O)CCC12CO2. The van der Waals surface area contributed by atoms with Crippen molar-refractivity contribution in [2.45, 2.75) is 43.4 Å². The second kappa shape index (κ2) is 2.44. The van der Waals surface area contributed by atoms with E-state index < -0.39 is 0 Å². The molecule has 2 N–H and O–H groups in total. The molecule has 1 aliphatic carbocycles. The molecule has 0 bridgehead atoms. The third kappa shape index (κ3) is 1.00. The summed E-state index contributed by atoms with van der Waals surface area (Å²) in [5.74, 6) is 0. The zero-order valence-electron chi connectivity index (χ0n) is 7.76. The van der Waals surface area contributed by atoms with E-state index in [0.717, 1.165) is 25.9 Å². The van der Waals surface area contributed by atoms with Gasteiger partial charge in [0.25, 0.3) is 0 Å². The Bertz CT molecular complexity index is 191. The maximum Gasteiger partial charge on any atom is 0.110 e. The molecular formula is C9H17NO2. The molecule has 12 heavy (non-hydrogen) atoms. The molecule has 1 saturated carbocycles. The van der Waals surface area contributed by atoms with Gasteiger partial charge in [0.15, 0.2) is 0 Å². The molecule has 2 fully saturated rings. The van der Waals surface area contributed by atoms with Crippen LogP contribution in [0.1, 0.15) is 26.2 Å². The molecule has 1 saturated heterocycles. The van der Waals surface area contributed by atoms with E-state index in [1.54, 1.807) is 0 Å². The Morgan fingerprint density at radius 1 is 1.58 bits per heavy atom. The molecule has 0 amide bonds. The number of ether oxygens (including phenoxy) is 1. The smallest absolute Gasteiger partial charge is 0.110 e. The largest absolute Gasteiger partial charge is 0.393 e. The number of hydrogen-bond acceptors (Lipinski definition) is 3. The number of aliphatic hydroxyl groups is 1. The summed E-state index contributed by atoms with van der Waals surface area (Å²) in [7, 11) is 1.95. The summed E-state index contributed by atoms with van der Waals surface area (Å²) in [5.41, 5.74) is 0.0195. The topological polar surface area (TPSA) is 44.8 Å². The molecule has 70 valence electrons. The van der Waals surface area contributed by atoms with Gasteiger partial charge in [-0.2, -0.15) is 0 Å². The van der Waals surface area contributed by atoms with Gasteiger partial charge in [-0.1, -0.05) is 0 Å². The summed E-state index contributed by atoms with van der Waals surface area (Å²) >= 11 is 0. The quantitative estimate of drug-likeness (QED) is 0.557. The summed E-state index contributed by atoms with van der Waals surface area (Å²) in [6, 6.07) is 0. The van der Waals surface area contributed by atoms with Crippen molar-refractivity contribution in [1.82, 2.24) is 5.32 Å². The maximum atomic E-state index is 9.54. The van der Waals surface area contributed by atoms with Gasteiger partial charge < -0.3 is 15.2 Å². The zero-order chi connectivity index (χ0) is 8.82. The van der Waals surface area contributed by atoms with Crippen LogP contribution in [0.15, 0.2) is 0 Å². The number of epoxide rings is 1. The van der Waals surface area contributed by atoms with Gasteiger partial charge in [0.2, 0.25) is 0 Å². The highest BCUT2D eigenvalue weighted by molar-refractivity contribution is 5.14. The van der Waals surface area contributed by atoms with Crippen LogP contribution < -0.4 is 5.32 Å². The molecule has 3 unspecified atom stereocenters. The van der Waals surface area contributed by atoms with Crippen LogP contribution in [0.25, 0.3) is 0 Å². The minimum absolute atomic E-state index is 0.0231. The molecule has 0 aromatic carbocycles.